The number of anilines is 1. The largest absolute Gasteiger partial charge is 0.481 e. The molecule has 0 radical (unpaired) electrons. The zero-order chi connectivity index (χ0) is 13.4. The van der Waals surface area contributed by atoms with Gasteiger partial charge >= 0.3 is 12.0 Å². The summed E-state index contributed by atoms with van der Waals surface area (Å²) in [6.07, 6.45) is 1.53. The van der Waals surface area contributed by atoms with Crippen LogP contribution in [0, 0.1) is 0 Å². The van der Waals surface area contributed by atoms with Gasteiger partial charge in [-0.05, 0) is 12.5 Å². The molecule has 8 nitrogen and oxygen atoms in total. The molecule has 1 rings (SSSR count). The predicted octanol–water partition coefficient (Wildman–Crippen LogP) is 0.687. The lowest BCUT2D eigenvalue weighted by atomic mass is 10.2. The van der Waals surface area contributed by atoms with Crippen LogP contribution < -0.4 is 16.2 Å². The first-order chi connectivity index (χ1) is 8.58. The Balaban J connectivity index is 2.14. The molecule has 18 heavy (non-hydrogen) atoms. The summed E-state index contributed by atoms with van der Waals surface area (Å²) in [5.41, 5.74) is 4.23. The van der Waals surface area contributed by atoms with E-state index in [9.17, 15) is 14.4 Å². The van der Waals surface area contributed by atoms with Crippen LogP contribution >= 0.6 is 0 Å². The summed E-state index contributed by atoms with van der Waals surface area (Å²) < 4.78 is 4.85. The monoisotopic (exact) mass is 255 g/mol. The minimum absolute atomic E-state index is 0.0212. The van der Waals surface area contributed by atoms with Crippen LogP contribution in [0.1, 0.15) is 19.3 Å². The van der Waals surface area contributed by atoms with Gasteiger partial charge in [-0.1, -0.05) is 0 Å². The van der Waals surface area contributed by atoms with Gasteiger partial charge in [0.2, 0.25) is 11.8 Å². The Kier molecular flexibility index (Phi) is 5.23. The quantitative estimate of drug-likeness (QED) is 0.577. The predicted molar refractivity (Wildman–Crippen MR) is 60.5 cm³/mol. The van der Waals surface area contributed by atoms with Crippen molar-refractivity contribution in [3.8, 4) is 0 Å². The number of nitrogens with one attached hydrogen (secondary N) is 3. The van der Waals surface area contributed by atoms with Crippen molar-refractivity contribution in [2.75, 3.05) is 5.32 Å². The van der Waals surface area contributed by atoms with E-state index in [1.165, 1.54) is 12.3 Å². The first-order valence-corrected chi connectivity index (χ1v) is 5.19. The van der Waals surface area contributed by atoms with E-state index in [4.69, 9.17) is 9.52 Å². The topological polar surface area (TPSA) is 121 Å². The lowest BCUT2D eigenvalue weighted by Crippen LogP contribution is -2.43. The first-order valence-electron chi connectivity index (χ1n) is 5.19. The summed E-state index contributed by atoms with van der Waals surface area (Å²) >= 11 is 0. The Morgan fingerprint density at radius 1 is 1.22 bits per heavy atom. The number of hydrazine groups is 1. The van der Waals surface area contributed by atoms with Crippen molar-refractivity contribution in [1.29, 1.82) is 0 Å². The number of carboxylic acid groups (broad SMARTS) is 1. The first kappa shape index (κ1) is 13.6. The van der Waals surface area contributed by atoms with Crippen molar-refractivity contribution >= 4 is 23.8 Å². The maximum atomic E-state index is 11.2. The highest BCUT2D eigenvalue weighted by molar-refractivity contribution is 5.89. The molecule has 4 N–H and O–H groups in total. The van der Waals surface area contributed by atoms with E-state index in [0.29, 0.717) is 0 Å². The average molecular weight is 255 g/mol. The highest BCUT2D eigenvalue weighted by Gasteiger charge is 2.06. The van der Waals surface area contributed by atoms with Crippen LogP contribution in [-0.4, -0.2) is 23.0 Å². The standard InChI is InChI=1S/C10H13N3O5/c14-7(3-1-5-9(15)16)12-13-10(17)11-8-4-2-6-18-8/h2,4,6H,1,3,5H2,(H,12,14)(H,15,16)(H2,11,13,17). The van der Waals surface area contributed by atoms with Crippen LogP contribution in [0.5, 0.6) is 0 Å². The number of carbonyl (C=O) groups excluding carboxylic acids is 2. The Labute approximate surface area is 102 Å². The lowest BCUT2D eigenvalue weighted by Gasteiger charge is -2.06. The van der Waals surface area contributed by atoms with Crippen molar-refractivity contribution in [2.24, 2.45) is 0 Å². The number of hydrogen-bond acceptors (Lipinski definition) is 4. The lowest BCUT2D eigenvalue weighted by molar-refractivity contribution is -0.137. The van der Waals surface area contributed by atoms with Crippen molar-refractivity contribution in [1.82, 2.24) is 10.9 Å². The number of amides is 3. The zero-order valence-corrected chi connectivity index (χ0v) is 9.43. The molecular weight excluding hydrogens is 242 g/mol. The van der Waals surface area contributed by atoms with Crippen molar-refractivity contribution in [2.45, 2.75) is 19.3 Å². The van der Waals surface area contributed by atoms with Crippen molar-refractivity contribution in [3.05, 3.63) is 18.4 Å². The molecule has 98 valence electrons. The molecule has 1 heterocycles. The molecule has 0 atom stereocenters. The number of furan rings is 1. The van der Waals surface area contributed by atoms with Gasteiger partial charge in [0.25, 0.3) is 0 Å². The summed E-state index contributed by atoms with van der Waals surface area (Å²) in [5, 5.41) is 10.7. The third-order valence-corrected chi connectivity index (χ3v) is 1.87. The fourth-order valence-electron chi connectivity index (χ4n) is 1.08. The van der Waals surface area contributed by atoms with Crippen molar-refractivity contribution in [3.63, 3.8) is 0 Å². The van der Waals surface area contributed by atoms with Crippen LogP contribution in [0.3, 0.4) is 0 Å². The molecule has 0 spiro atoms. The van der Waals surface area contributed by atoms with Gasteiger partial charge < -0.3 is 9.52 Å². The van der Waals surface area contributed by atoms with E-state index in [1.807, 2.05) is 0 Å². The molecule has 1 aromatic rings. The molecule has 0 saturated heterocycles. The Hall–Kier alpha value is -2.51. The van der Waals surface area contributed by atoms with Gasteiger partial charge in [0.15, 0.2) is 0 Å². The third kappa shape index (κ3) is 5.54. The molecule has 0 bridgehead atoms. The van der Waals surface area contributed by atoms with Crippen LogP contribution in [0.15, 0.2) is 22.8 Å². The van der Waals surface area contributed by atoms with Crippen LogP contribution in [0.2, 0.25) is 0 Å². The molecule has 0 aromatic carbocycles. The van der Waals surface area contributed by atoms with Gasteiger partial charge in [0.1, 0.15) is 0 Å². The Morgan fingerprint density at radius 2 is 2.00 bits per heavy atom. The summed E-state index contributed by atoms with van der Waals surface area (Å²) in [6, 6.07) is 2.48. The number of rotatable bonds is 5. The second-order valence-corrected chi connectivity index (χ2v) is 3.35. The van der Waals surface area contributed by atoms with Gasteiger partial charge in [-0.25, -0.2) is 10.2 Å². The molecule has 0 aliphatic heterocycles. The molecule has 1 aromatic heterocycles. The number of carboxylic acids is 1. The fraction of sp³-hybridized carbons (Fsp3) is 0.300. The normalized spacial score (nSPS) is 9.56. The molecule has 3 amide bonds. The molecule has 0 fully saturated rings. The van der Waals surface area contributed by atoms with Crippen molar-refractivity contribution < 1.29 is 23.9 Å². The molecule has 0 aliphatic carbocycles. The minimum Gasteiger partial charge on any atom is -0.481 e. The van der Waals surface area contributed by atoms with E-state index in [0.717, 1.165) is 0 Å². The second-order valence-electron chi connectivity index (χ2n) is 3.35. The van der Waals surface area contributed by atoms with Gasteiger partial charge in [-0.15, -0.1) is 0 Å². The maximum Gasteiger partial charge on any atom is 0.340 e. The summed E-state index contributed by atoms with van der Waals surface area (Å²) in [7, 11) is 0. The van der Waals surface area contributed by atoms with E-state index >= 15 is 0 Å². The number of aliphatic carboxylic acids is 1. The smallest absolute Gasteiger partial charge is 0.340 e. The Morgan fingerprint density at radius 3 is 2.61 bits per heavy atom. The SMILES string of the molecule is O=C(O)CCCC(=O)NNC(=O)Nc1ccco1. The molecule has 0 unspecified atom stereocenters. The summed E-state index contributed by atoms with van der Waals surface area (Å²) in [5.74, 6) is -1.19. The van der Waals surface area contributed by atoms with Crippen LogP contribution in [0.25, 0.3) is 0 Å². The molecule has 8 heteroatoms. The fourth-order valence-corrected chi connectivity index (χ4v) is 1.08. The zero-order valence-electron chi connectivity index (χ0n) is 9.43. The molecule has 0 saturated carbocycles. The van der Waals surface area contributed by atoms with Crippen LogP contribution in [-0.2, 0) is 9.59 Å². The number of carbonyl (C=O) groups is 3. The van der Waals surface area contributed by atoms with E-state index in [2.05, 4.69) is 16.2 Å². The Bertz CT molecular complexity index is 415. The summed E-state index contributed by atoms with van der Waals surface area (Å²) in [4.78, 5) is 32.6. The third-order valence-electron chi connectivity index (χ3n) is 1.87. The average Bonchev–Trinajstić information content (AvgIpc) is 2.78. The van der Waals surface area contributed by atoms with Gasteiger partial charge in [-0.3, -0.25) is 20.3 Å². The van der Waals surface area contributed by atoms with Gasteiger partial charge in [0, 0.05) is 18.9 Å². The van der Waals surface area contributed by atoms with Gasteiger partial charge in [0.05, 0.1) is 6.26 Å². The second kappa shape index (κ2) is 6.94. The maximum absolute atomic E-state index is 11.2. The summed E-state index contributed by atoms with van der Waals surface area (Å²) in [6.45, 7) is 0. The van der Waals surface area contributed by atoms with Gasteiger partial charge in [-0.2, -0.15) is 0 Å². The molecular formula is C10H13N3O5. The number of urea groups is 1. The van der Waals surface area contributed by atoms with Crippen LogP contribution in [0.4, 0.5) is 10.7 Å². The number of hydrogen-bond donors (Lipinski definition) is 4. The van der Waals surface area contributed by atoms with E-state index in [1.54, 1.807) is 6.07 Å². The van der Waals surface area contributed by atoms with E-state index in [-0.39, 0.29) is 25.1 Å². The molecule has 0 aliphatic rings. The van der Waals surface area contributed by atoms with E-state index < -0.39 is 17.9 Å². The highest BCUT2D eigenvalue weighted by atomic mass is 16.4. The minimum atomic E-state index is -0.966. The highest BCUT2D eigenvalue weighted by Crippen LogP contribution is 2.05.